The molecule has 0 rings (SSSR count). The van der Waals surface area contributed by atoms with Crippen molar-refractivity contribution in [1.29, 1.82) is 0 Å². The molecule has 28 heavy (non-hydrogen) atoms. The van der Waals surface area contributed by atoms with Gasteiger partial charge in [-0.2, -0.15) is 0 Å². The molecule has 0 spiro atoms. The van der Waals surface area contributed by atoms with Crippen molar-refractivity contribution in [2.45, 2.75) is 162 Å². The number of hydrogen-bond acceptors (Lipinski definition) is 2. The maximum atomic E-state index is 8.67. The highest BCUT2D eigenvalue weighted by Crippen LogP contribution is 2.18. The van der Waals surface area contributed by atoms with Crippen LogP contribution >= 0.6 is 0 Å². The van der Waals surface area contributed by atoms with Crippen LogP contribution in [-0.2, 0) is 4.74 Å². The predicted octanol–water partition coefficient (Wildman–Crippen LogP) is 8.84. The average molecular weight is 401 g/mol. The van der Waals surface area contributed by atoms with Gasteiger partial charge >= 0.3 is 0 Å². The van der Waals surface area contributed by atoms with E-state index in [1.54, 1.807) is 0 Å². The van der Waals surface area contributed by atoms with Crippen LogP contribution in [0.2, 0.25) is 0 Å². The minimum Gasteiger partial charge on any atom is -0.396 e. The van der Waals surface area contributed by atoms with E-state index in [1.807, 2.05) is 0 Å². The molecule has 0 radical (unpaired) electrons. The summed E-state index contributed by atoms with van der Waals surface area (Å²) in [6.07, 6.45) is 22.2. The Bertz CT molecular complexity index is 258. The molecular formula is C26H56O2. The van der Waals surface area contributed by atoms with Crippen LogP contribution in [0, 0.1) is 0 Å². The maximum Gasteiger partial charge on any atom is 0.0605 e. The van der Waals surface area contributed by atoms with E-state index in [-0.39, 0.29) is 11.2 Å². The quantitative estimate of drug-likeness (QED) is 0.262. The molecule has 0 aromatic carbocycles. The van der Waals surface area contributed by atoms with Crippen LogP contribution in [-0.4, -0.2) is 22.9 Å². The van der Waals surface area contributed by atoms with Crippen LogP contribution in [0.1, 0.15) is 151 Å². The van der Waals surface area contributed by atoms with Gasteiger partial charge in [-0.05, 0) is 48.0 Å². The number of ether oxygens (including phenoxy) is 1. The van der Waals surface area contributed by atoms with Crippen molar-refractivity contribution in [2.24, 2.45) is 0 Å². The Morgan fingerprint density at radius 1 is 0.464 bits per heavy atom. The summed E-state index contributed by atoms with van der Waals surface area (Å²) >= 11 is 0. The van der Waals surface area contributed by atoms with E-state index in [9.17, 15) is 0 Å². The van der Waals surface area contributed by atoms with Gasteiger partial charge in [-0.25, -0.2) is 0 Å². The molecule has 2 heteroatoms. The molecule has 0 atom stereocenters. The number of aliphatic hydroxyl groups excluding tert-OH is 1. The lowest BCUT2D eigenvalue weighted by Crippen LogP contribution is -2.31. The fourth-order valence-corrected chi connectivity index (χ4v) is 3.58. The van der Waals surface area contributed by atoms with Crippen molar-refractivity contribution in [1.82, 2.24) is 0 Å². The number of hydrogen-bond donors (Lipinski definition) is 1. The molecule has 0 saturated carbocycles. The van der Waals surface area contributed by atoms with Gasteiger partial charge in [-0.1, -0.05) is 103 Å². The summed E-state index contributed by atoms with van der Waals surface area (Å²) in [7, 11) is 0. The van der Waals surface area contributed by atoms with E-state index < -0.39 is 0 Å². The third-order valence-corrected chi connectivity index (χ3v) is 4.62. The molecule has 172 valence electrons. The first-order chi connectivity index (χ1) is 13.1. The second kappa shape index (κ2) is 20.2. The Morgan fingerprint density at radius 2 is 0.714 bits per heavy atom. The van der Waals surface area contributed by atoms with Crippen molar-refractivity contribution in [3.63, 3.8) is 0 Å². The Labute approximate surface area is 179 Å². The molecule has 0 unspecified atom stereocenters. The molecule has 0 aromatic heterocycles. The average Bonchev–Trinajstić information content (AvgIpc) is 2.56. The fourth-order valence-electron chi connectivity index (χ4n) is 3.58. The molecular weight excluding hydrogens is 344 g/mol. The van der Waals surface area contributed by atoms with Crippen molar-refractivity contribution in [3.05, 3.63) is 0 Å². The molecule has 0 aliphatic rings. The normalized spacial score (nSPS) is 12.0. The highest BCUT2D eigenvalue weighted by molar-refractivity contribution is 4.68. The molecule has 0 saturated heterocycles. The van der Waals surface area contributed by atoms with E-state index in [4.69, 9.17) is 9.84 Å². The van der Waals surface area contributed by atoms with Gasteiger partial charge < -0.3 is 9.84 Å². The first kappa shape index (κ1) is 30.1. The molecule has 0 aromatic rings. The van der Waals surface area contributed by atoms with Gasteiger partial charge in [0, 0.05) is 6.61 Å². The van der Waals surface area contributed by atoms with Crippen molar-refractivity contribution in [2.75, 3.05) is 6.61 Å². The van der Waals surface area contributed by atoms with Gasteiger partial charge in [-0.15, -0.1) is 0 Å². The molecule has 0 aliphatic carbocycles. The minimum atomic E-state index is -0.0156. The Hall–Kier alpha value is -0.0800. The summed E-state index contributed by atoms with van der Waals surface area (Å²) in [6.45, 7) is 15.1. The van der Waals surface area contributed by atoms with E-state index in [0.717, 1.165) is 6.42 Å². The summed E-state index contributed by atoms with van der Waals surface area (Å²) < 4.78 is 5.62. The molecule has 2 nitrogen and oxygen atoms in total. The Balaban J connectivity index is 0. The van der Waals surface area contributed by atoms with Crippen LogP contribution < -0.4 is 0 Å². The predicted molar refractivity (Wildman–Crippen MR) is 127 cm³/mol. The standard InChI is InChI=1S/C18H38O.C8H18O/c1-2-3-4-5-6-7-8-9-10-11-12-13-14-15-16-17-18-19;1-7(2,3)9-8(4,5)6/h19H,2-18H2,1H3;1-6H3. The first-order valence-electron chi connectivity index (χ1n) is 12.4. The number of unbranched alkanes of at least 4 members (excludes halogenated alkanes) is 15. The molecule has 0 aliphatic heterocycles. The maximum absolute atomic E-state index is 8.67. The van der Waals surface area contributed by atoms with Gasteiger partial charge in [0.1, 0.15) is 0 Å². The SMILES string of the molecule is CC(C)(C)OC(C)(C)C.CCCCCCCCCCCCCCCCCCO. The van der Waals surface area contributed by atoms with Crippen molar-refractivity contribution in [3.8, 4) is 0 Å². The monoisotopic (exact) mass is 400 g/mol. The lowest BCUT2D eigenvalue weighted by molar-refractivity contribution is -0.102. The van der Waals surface area contributed by atoms with Crippen LogP contribution in [0.15, 0.2) is 0 Å². The summed E-state index contributed by atoms with van der Waals surface area (Å²) in [5, 5.41) is 8.67. The Morgan fingerprint density at radius 3 is 0.893 bits per heavy atom. The zero-order chi connectivity index (χ0) is 21.7. The first-order valence-corrected chi connectivity index (χ1v) is 12.4. The molecule has 0 bridgehead atoms. The van der Waals surface area contributed by atoms with Crippen molar-refractivity contribution < 1.29 is 9.84 Å². The van der Waals surface area contributed by atoms with E-state index in [1.165, 1.54) is 96.3 Å². The Kier molecular flexibility index (Phi) is 21.7. The van der Waals surface area contributed by atoms with Gasteiger partial charge in [-0.3, -0.25) is 0 Å². The van der Waals surface area contributed by atoms with Gasteiger partial charge in [0.05, 0.1) is 11.2 Å². The lowest BCUT2D eigenvalue weighted by Gasteiger charge is -2.30. The lowest BCUT2D eigenvalue weighted by atomic mass is 10.0. The topological polar surface area (TPSA) is 29.5 Å². The number of rotatable bonds is 16. The third kappa shape index (κ3) is 33.5. The number of aliphatic hydroxyl groups is 1. The van der Waals surface area contributed by atoms with Gasteiger partial charge in [0.25, 0.3) is 0 Å². The highest BCUT2D eigenvalue weighted by atomic mass is 16.5. The van der Waals surface area contributed by atoms with Gasteiger partial charge in [0.15, 0.2) is 0 Å². The van der Waals surface area contributed by atoms with E-state index >= 15 is 0 Å². The van der Waals surface area contributed by atoms with Crippen LogP contribution in [0.3, 0.4) is 0 Å². The largest absolute Gasteiger partial charge is 0.396 e. The zero-order valence-electron chi connectivity index (χ0n) is 20.9. The third-order valence-electron chi connectivity index (χ3n) is 4.62. The van der Waals surface area contributed by atoms with E-state index in [0.29, 0.717) is 6.61 Å². The van der Waals surface area contributed by atoms with Crippen LogP contribution in [0.4, 0.5) is 0 Å². The summed E-state index contributed by atoms with van der Waals surface area (Å²) in [5.74, 6) is 0. The van der Waals surface area contributed by atoms with Crippen LogP contribution in [0.25, 0.3) is 0 Å². The second-order valence-electron chi connectivity index (χ2n) is 10.4. The molecule has 0 fully saturated rings. The molecule has 0 heterocycles. The molecule has 1 N–H and O–H groups in total. The van der Waals surface area contributed by atoms with Gasteiger partial charge in [0.2, 0.25) is 0 Å². The highest BCUT2D eigenvalue weighted by Gasteiger charge is 2.19. The summed E-state index contributed by atoms with van der Waals surface area (Å²) in [4.78, 5) is 0. The summed E-state index contributed by atoms with van der Waals surface area (Å²) in [5.41, 5.74) is -0.0312. The van der Waals surface area contributed by atoms with E-state index in [2.05, 4.69) is 48.5 Å². The molecule has 0 amide bonds. The zero-order valence-corrected chi connectivity index (χ0v) is 20.9. The smallest absolute Gasteiger partial charge is 0.0605 e. The summed E-state index contributed by atoms with van der Waals surface area (Å²) in [6, 6.07) is 0. The van der Waals surface area contributed by atoms with Crippen LogP contribution in [0.5, 0.6) is 0 Å². The minimum absolute atomic E-state index is 0.0156. The second-order valence-corrected chi connectivity index (χ2v) is 10.4. The fraction of sp³-hybridized carbons (Fsp3) is 1.00. The van der Waals surface area contributed by atoms with Crippen molar-refractivity contribution >= 4 is 0 Å².